The highest BCUT2D eigenvalue weighted by atomic mass is 32.1. The van der Waals surface area contributed by atoms with E-state index in [1.807, 2.05) is 11.3 Å². The molecule has 2 heterocycles. The van der Waals surface area contributed by atoms with Gasteiger partial charge in [-0.15, -0.1) is 11.3 Å². The van der Waals surface area contributed by atoms with Crippen molar-refractivity contribution < 1.29 is 0 Å². The van der Waals surface area contributed by atoms with Crippen LogP contribution in [0.5, 0.6) is 0 Å². The average Bonchev–Trinajstić information content (AvgIpc) is 2.66. The van der Waals surface area contributed by atoms with Crippen molar-refractivity contribution in [2.24, 2.45) is 0 Å². The first-order valence-electron chi connectivity index (χ1n) is 6.35. The number of aryl methyl sites for hydroxylation is 1. The fourth-order valence-corrected chi connectivity index (χ4v) is 4.42. The van der Waals surface area contributed by atoms with Crippen LogP contribution >= 0.6 is 23.6 Å². The second-order valence-corrected chi connectivity index (χ2v) is 6.50. The van der Waals surface area contributed by atoms with E-state index in [0.29, 0.717) is 0 Å². The van der Waals surface area contributed by atoms with Gasteiger partial charge in [-0.1, -0.05) is 0 Å². The Labute approximate surface area is 106 Å². The summed E-state index contributed by atoms with van der Waals surface area (Å²) in [5, 5.41) is 2.48. The van der Waals surface area contributed by atoms with Crippen LogP contribution in [0, 0.1) is 3.95 Å². The lowest BCUT2D eigenvalue weighted by molar-refractivity contribution is 0.461. The molecule has 0 radical (unpaired) electrons. The molecule has 0 amide bonds. The second-order valence-electron chi connectivity index (χ2n) is 4.77. The quantitative estimate of drug-likeness (QED) is 0.711. The standard InChI is InChI=1S/C12H18N2S2/c15-12-14(13-8-4-1-5-9-13)10-6-2-3-7-11(10)16-12/h1-9H2. The zero-order valence-electron chi connectivity index (χ0n) is 9.57. The highest BCUT2D eigenvalue weighted by Gasteiger charge is 2.21. The first-order chi connectivity index (χ1) is 7.86. The molecule has 0 unspecified atom stereocenters. The van der Waals surface area contributed by atoms with Crippen molar-refractivity contribution in [3.05, 3.63) is 14.5 Å². The Kier molecular flexibility index (Phi) is 3.03. The van der Waals surface area contributed by atoms with Crippen LogP contribution in [0.1, 0.15) is 42.7 Å². The van der Waals surface area contributed by atoms with Crippen LogP contribution in [0.25, 0.3) is 0 Å². The summed E-state index contributed by atoms with van der Waals surface area (Å²) in [4.78, 5) is 1.56. The summed E-state index contributed by atoms with van der Waals surface area (Å²) >= 11 is 7.39. The molecule has 0 bridgehead atoms. The Bertz CT molecular complexity index is 427. The van der Waals surface area contributed by atoms with Gasteiger partial charge in [0.15, 0.2) is 3.95 Å². The van der Waals surface area contributed by atoms with Crippen molar-refractivity contribution in [2.75, 3.05) is 18.1 Å². The molecule has 3 rings (SSSR count). The summed E-state index contributed by atoms with van der Waals surface area (Å²) < 4.78 is 3.45. The van der Waals surface area contributed by atoms with Gasteiger partial charge in [-0.2, -0.15) is 0 Å². The Morgan fingerprint density at radius 2 is 1.69 bits per heavy atom. The molecule has 4 heteroatoms. The van der Waals surface area contributed by atoms with E-state index < -0.39 is 0 Å². The van der Waals surface area contributed by atoms with Gasteiger partial charge in [-0.3, -0.25) is 0 Å². The smallest absolute Gasteiger partial charge is 0.180 e. The lowest BCUT2D eigenvalue weighted by Crippen LogP contribution is -2.40. The van der Waals surface area contributed by atoms with Crippen LogP contribution in [0.4, 0.5) is 0 Å². The van der Waals surface area contributed by atoms with Gasteiger partial charge in [0.2, 0.25) is 0 Å². The van der Waals surface area contributed by atoms with Gasteiger partial charge >= 0.3 is 0 Å². The molecule has 1 saturated heterocycles. The van der Waals surface area contributed by atoms with Crippen molar-refractivity contribution in [3.63, 3.8) is 0 Å². The Morgan fingerprint density at radius 1 is 0.938 bits per heavy atom. The third-order valence-electron chi connectivity index (χ3n) is 3.64. The highest BCUT2D eigenvalue weighted by Crippen LogP contribution is 2.28. The van der Waals surface area contributed by atoms with Crippen LogP contribution in [0.2, 0.25) is 0 Å². The average molecular weight is 254 g/mol. The normalized spacial score (nSPS) is 20.9. The van der Waals surface area contributed by atoms with Gasteiger partial charge in [-0.05, 0) is 57.2 Å². The van der Waals surface area contributed by atoms with Crippen LogP contribution in [0.3, 0.4) is 0 Å². The molecule has 1 aromatic heterocycles. The van der Waals surface area contributed by atoms with Gasteiger partial charge < -0.3 is 5.01 Å². The summed E-state index contributed by atoms with van der Waals surface area (Å²) in [6.45, 7) is 2.38. The first kappa shape index (κ1) is 10.8. The summed E-state index contributed by atoms with van der Waals surface area (Å²) in [7, 11) is 0. The maximum Gasteiger partial charge on any atom is 0.180 e. The monoisotopic (exact) mass is 254 g/mol. The topological polar surface area (TPSA) is 8.17 Å². The number of fused-ring (bicyclic) bond motifs is 1. The van der Waals surface area contributed by atoms with E-state index in [9.17, 15) is 0 Å². The lowest BCUT2D eigenvalue weighted by atomic mass is 10.0. The molecule has 1 aromatic rings. The predicted octanol–water partition coefficient (Wildman–Crippen LogP) is 3.28. The van der Waals surface area contributed by atoms with Crippen molar-refractivity contribution in [3.8, 4) is 0 Å². The minimum absolute atomic E-state index is 1.08. The molecule has 1 aliphatic heterocycles. The molecule has 88 valence electrons. The van der Waals surface area contributed by atoms with Crippen molar-refractivity contribution in [2.45, 2.75) is 44.9 Å². The minimum atomic E-state index is 1.08. The fraction of sp³-hybridized carbons (Fsp3) is 0.750. The van der Waals surface area contributed by atoms with Crippen LogP contribution in [0.15, 0.2) is 0 Å². The van der Waals surface area contributed by atoms with E-state index >= 15 is 0 Å². The van der Waals surface area contributed by atoms with Gasteiger partial charge in [-0.25, -0.2) is 4.68 Å². The zero-order chi connectivity index (χ0) is 11.0. The Morgan fingerprint density at radius 3 is 2.50 bits per heavy atom. The van der Waals surface area contributed by atoms with Crippen molar-refractivity contribution >= 4 is 23.6 Å². The van der Waals surface area contributed by atoms with E-state index in [1.54, 1.807) is 4.88 Å². The van der Waals surface area contributed by atoms with Crippen LogP contribution in [-0.2, 0) is 12.8 Å². The minimum Gasteiger partial charge on any atom is -0.311 e. The third-order valence-corrected chi connectivity index (χ3v) is 5.10. The highest BCUT2D eigenvalue weighted by molar-refractivity contribution is 7.73. The zero-order valence-corrected chi connectivity index (χ0v) is 11.2. The molecule has 0 aromatic carbocycles. The number of piperidine rings is 1. The fourth-order valence-electron chi connectivity index (χ4n) is 2.82. The second kappa shape index (κ2) is 4.49. The predicted molar refractivity (Wildman–Crippen MR) is 71.6 cm³/mol. The van der Waals surface area contributed by atoms with Crippen molar-refractivity contribution in [1.82, 2.24) is 4.68 Å². The Hall–Kier alpha value is -0.350. The summed E-state index contributed by atoms with van der Waals surface area (Å²) in [6.07, 6.45) is 9.22. The molecule has 1 aliphatic carbocycles. The molecule has 1 fully saturated rings. The third kappa shape index (κ3) is 1.82. The van der Waals surface area contributed by atoms with E-state index in [-0.39, 0.29) is 0 Å². The number of thiazole rings is 1. The number of nitrogens with zero attached hydrogens (tertiary/aromatic N) is 2. The van der Waals surface area contributed by atoms with Crippen molar-refractivity contribution in [1.29, 1.82) is 0 Å². The van der Waals surface area contributed by atoms with Crippen LogP contribution in [-0.4, -0.2) is 17.8 Å². The molecule has 0 N–H and O–H groups in total. The number of hydrogen-bond acceptors (Lipinski definition) is 3. The number of aromatic nitrogens is 1. The lowest BCUT2D eigenvalue weighted by Gasteiger charge is -2.31. The molecular formula is C12H18N2S2. The molecular weight excluding hydrogens is 236 g/mol. The molecule has 16 heavy (non-hydrogen) atoms. The Balaban J connectivity index is 1.98. The summed E-state index contributed by atoms with van der Waals surface area (Å²) in [5.41, 5.74) is 1.53. The SMILES string of the molecule is S=c1sc2c(n1N1CCCCC1)CCCC2. The molecule has 2 aliphatic rings. The summed E-state index contributed by atoms with van der Waals surface area (Å²) in [5.74, 6) is 0. The summed E-state index contributed by atoms with van der Waals surface area (Å²) in [6, 6.07) is 0. The number of hydrogen-bond donors (Lipinski definition) is 0. The van der Waals surface area contributed by atoms with Crippen LogP contribution < -0.4 is 5.01 Å². The van der Waals surface area contributed by atoms with Gasteiger partial charge in [0.25, 0.3) is 0 Å². The van der Waals surface area contributed by atoms with Gasteiger partial charge in [0, 0.05) is 18.0 Å². The maximum absolute atomic E-state index is 5.54. The largest absolute Gasteiger partial charge is 0.311 e. The molecule has 0 spiro atoms. The van der Waals surface area contributed by atoms with Gasteiger partial charge in [0.05, 0.1) is 5.69 Å². The van der Waals surface area contributed by atoms with E-state index in [2.05, 4.69) is 9.69 Å². The van der Waals surface area contributed by atoms with E-state index in [0.717, 1.165) is 3.95 Å². The molecule has 0 atom stereocenters. The maximum atomic E-state index is 5.54. The molecule has 2 nitrogen and oxygen atoms in total. The van der Waals surface area contributed by atoms with E-state index in [4.69, 9.17) is 12.2 Å². The molecule has 0 saturated carbocycles. The van der Waals surface area contributed by atoms with E-state index in [1.165, 1.54) is 63.7 Å². The van der Waals surface area contributed by atoms with Gasteiger partial charge in [0.1, 0.15) is 0 Å². The number of rotatable bonds is 1. The first-order valence-corrected chi connectivity index (χ1v) is 7.57.